The number of aliphatic hydroxyl groups excluding tert-OH is 2. The third-order valence-electron chi connectivity index (χ3n) is 6.66. The number of unbranched alkanes of at least 4 members (excludes halogenated alkanes) is 1. The van der Waals surface area contributed by atoms with Crippen LogP contribution in [0.5, 0.6) is 0 Å². The molecular weight excluding hydrogens is 384 g/mol. The van der Waals surface area contributed by atoms with Gasteiger partial charge in [0.1, 0.15) is 0 Å². The van der Waals surface area contributed by atoms with Crippen LogP contribution in [-0.4, -0.2) is 36.6 Å². The molecule has 2 aliphatic rings. The van der Waals surface area contributed by atoms with Gasteiger partial charge < -0.3 is 10.2 Å². The first kappa shape index (κ1) is 22.3. The van der Waals surface area contributed by atoms with E-state index in [9.17, 15) is 18.6 Å². The van der Waals surface area contributed by atoms with E-state index in [2.05, 4.69) is 19.9 Å². The first-order valence-corrected chi connectivity index (χ1v) is 12.5. The maximum atomic E-state index is 12.8. The molecule has 6 atom stereocenters. The van der Waals surface area contributed by atoms with Crippen molar-refractivity contribution in [3.8, 4) is 0 Å². The van der Waals surface area contributed by atoms with E-state index in [0.717, 1.165) is 31.3 Å². The lowest BCUT2D eigenvalue weighted by molar-refractivity contribution is 0.136. The third kappa shape index (κ3) is 5.19. The van der Waals surface area contributed by atoms with Gasteiger partial charge in [0.25, 0.3) is 0 Å². The van der Waals surface area contributed by atoms with Gasteiger partial charge in [-0.2, -0.15) is 0 Å². The zero-order valence-corrected chi connectivity index (χ0v) is 18.3. The molecule has 1 fully saturated rings. The van der Waals surface area contributed by atoms with Crippen molar-refractivity contribution in [3.63, 3.8) is 0 Å². The Morgan fingerprint density at radius 1 is 1.24 bits per heavy atom. The molecule has 0 heterocycles. The summed E-state index contributed by atoms with van der Waals surface area (Å²) >= 11 is 0. The molecule has 0 bridgehead atoms. The summed E-state index contributed by atoms with van der Waals surface area (Å²) in [4.78, 5) is 0.350. The van der Waals surface area contributed by atoms with Crippen molar-refractivity contribution >= 4 is 9.84 Å². The largest absolute Gasteiger partial charge is 0.392 e. The summed E-state index contributed by atoms with van der Waals surface area (Å²) in [6.45, 7) is 4.20. The van der Waals surface area contributed by atoms with E-state index in [1.165, 1.54) is 0 Å². The molecule has 0 saturated heterocycles. The van der Waals surface area contributed by atoms with Crippen molar-refractivity contribution in [2.24, 2.45) is 23.7 Å². The van der Waals surface area contributed by atoms with Gasteiger partial charge in [-0.3, -0.25) is 0 Å². The first-order chi connectivity index (χ1) is 13.8. The molecule has 29 heavy (non-hydrogen) atoms. The number of rotatable bonds is 9. The summed E-state index contributed by atoms with van der Waals surface area (Å²) in [5.41, 5.74) is 0.936. The molecule has 4 nitrogen and oxygen atoms in total. The molecule has 0 amide bonds. The predicted octanol–water partition coefficient (Wildman–Crippen LogP) is 4.15. The van der Waals surface area contributed by atoms with E-state index in [1.54, 1.807) is 24.3 Å². The average Bonchev–Trinajstić information content (AvgIpc) is 3.23. The van der Waals surface area contributed by atoms with Crippen LogP contribution in [0.4, 0.5) is 0 Å². The van der Waals surface area contributed by atoms with Crippen LogP contribution in [0.3, 0.4) is 0 Å². The van der Waals surface area contributed by atoms with E-state index in [0.29, 0.717) is 11.3 Å². The zero-order valence-electron chi connectivity index (χ0n) is 17.4. The Labute approximate surface area is 175 Å². The minimum Gasteiger partial charge on any atom is -0.392 e. The molecule has 1 unspecified atom stereocenters. The van der Waals surface area contributed by atoms with Gasteiger partial charge in [-0.15, -0.1) is 0 Å². The molecule has 160 valence electrons. The molecule has 1 aromatic rings. The number of hydrogen-bond acceptors (Lipinski definition) is 4. The number of allylic oxidation sites excluding steroid dienone is 1. The summed E-state index contributed by atoms with van der Waals surface area (Å²) in [6.07, 6.45) is 9.49. The number of sulfone groups is 1. The normalized spacial score (nSPS) is 29.0. The van der Waals surface area contributed by atoms with E-state index in [1.807, 2.05) is 18.2 Å². The highest BCUT2D eigenvalue weighted by atomic mass is 32.2. The van der Waals surface area contributed by atoms with Crippen LogP contribution in [0, 0.1) is 23.7 Å². The smallest absolute Gasteiger partial charge is 0.182 e. The van der Waals surface area contributed by atoms with Crippen molar-refractivity contribution < 1.29 is 18.6 Å². The van der Waals surface area contributed by atoms with Crippen LogP contribution < -0.4 is 0 Å². The second-order valence-electron chi connectivity index (χ2n) is 8.73. The van der Waals surface area contributed by atoms with Crippen LogP contribution in [0.2, 0.25) is 0 Å². The fourth-order valence-corrected chi connectivity index (χ4v) is 6.34. The van der Waals surface area contributed by atoms with E-state index in [4.69, 9.17) is 0 Å². The number of aliphatic hydroxyl groups is 2. The Balaban J connectivity index is 1.64. The van der Waals surface area contributed by atoms with Crippen LogP contribution in [0.1, 0.15) is 46.0 Å². The lowest BCUT2D eigenvalue weighted by atomic mass is 9.88. The van der Waals surface area contributed by atoms with E-state index in [-0.39, 0.29) is 29.4 Å². The maximum absolute atomic E-state index is 12.8. The van der Waals surface area contributed by atoms with Gasteiger partial charge in [0, 0.05) is 5.92 Å². The molecule has 0 aliphatic heterocycles. The van der Waals surface area contributed by atoms with E-state index < -0.39 is 22.0 Å². The van der Waals surface area contributed by atoms with Crippen LogP contribution in [0.25, 0.3) is 0 Å². The molecule has 1 saturated carbocycles. The van der Waals surface area contributed by atoms with Crippen molar-refractivity contribution in [1.82, 2.24) is 0 Å². The van der Waals surface area contributed by atoms with Gasteiger partial charge in [0.2, 0.25) is 0 Å². The number of benzene rings is 1. The molecule has 1 aromatic carbocycles. The van der Waals surface area contributed by atoms with Crippen molar-refractivity contribution in [2.75, 3.05) is 5.75 Å². The maximum Gasteiger partial charge on any atom is 0.182 e. The SMILES string of the molecule is CCCCC(C)[C@H](O)/C=C/[C@H]1[C@H]2CC=C(CS(=O)(=O)c3ccccc3)[C@H]2C[C@H]1O. The summed E-state index contributed by atoms with van der Waals surface area (Å²) in [5, 5.41) is 21.0. The van der Waals surface area contributed by atoms with Gasteiger partial charge in [-0.25, -0.2) is 8.42 Å². The lowest BCUT2D eigenvalue weighted by Crippen LogP contribution is -2.19. The molecule has 2 aliphatic carbocycles. The van der Waals surface area contributed by atoms with Crippen molar-refractivity contribution in [1.29, 1.82) is 0 Å². The fraction of sp³-hybridized carbons (Fsp3) is 0.583. The number of fused-ring (bicyclic) bond motifs is 1. The summed E-state index contributed by atoms with van der Waals surface area (Å²) < 4.78 is 25.5. The standard InChI is InChI=1S/C24H34O4S/c1-3-4-8-17(2)23(25)14-13-21-20-12-11-18(22(20)15-24(21)26)16-29(27,28)19-9-6-5-7-10-19/h5-7,9-11,13-14,17,20-26H,3-4,8,12,15-16H2,1-2H3/b14-13+/t17?,20-,21+,22-,23-,24-/m1/s1. The monoisotopic (exact) mass is 418 g/mol. The first-order valence-electron chi connectivity index (χ1n) is 10.8. The highest BCUT2D eigenvalue weighted by Gasteiger charge is 2.45. The Morgan fingerprint density at radius 3 is 2.66 bits per heavy atom. The topological polar surface area (TPSA) is 74.6 Å². The van der Waals surface area contributed by atoms with Gasteiger partial charge in [-0.1, -0.05) is 68.7 Å². The third-order valence-corrected chi connectivity index (χ3v) is 8.37. The van der Waals surface area contributed by atoms with Crippen molar-refractivity contribution in [3.05, 3.63) is 54.1 Å². The van der Waals surface area contributed by atoms with Crippen LogP contribution in [0.15, 0.2) is 59.0 Å². The Kier molecular flexibility index (Phi) is 7.36. The number of hydrogen-bond donors (Lipinski definition) is 2. The van der Waals surface area contributed by atoms with Gasteiger partial charge >= 0.3 is 0 Å². The Bertz CT molecular complexity index is 828. The molecule has 5 heteroatoms. The average molecular weight is 419 g/mol. The van der Waals surface area contributed by atoms with Crippen LogP contribution >= 0.6 is 0 Å². The van der Waals surface area contributed by atoms with E-state index >= 15 is 0 Å². The highest BCUT2D eigenvalue weighted by molar-refractivity contribution is 7.91. The highest BCUT2D eigenvalue weighted by Crippen LogP contribution is 2.49. The predicted molar refractivity (Wildman–Crippen MR) is 116 cm³/mol. The zero-order chi connectivity index (χ0) is 21.0. The van der Waals surface area contributed by atoms with Crippen molar-refractivity contribution in [2.45, 2.75) is 63.1 Å². The Hall–Kier alpha value is -1.43. The summed E-state index contributed by atoms with van der Waals surface area (Å²) in [5.74, 6) is 0.529. The fourth-order valence-electron chi connectivity index (χ4n) is 4.83. The van der Waals surface area contributed by atoms with Gasteiger partial charge in [0.15, 0.2) is 9.84 Å². The Morgan fingerprint density at radius 2 is 1.97 bits per heavy atom. The summed E-state index contributed by atoms with van der Waals surface area (Å²) in [7, 11) is -3.37. The van der Waals surface area contributed by atoms with Gasteiger partial charge in [-0.05, 0) is 49.1 Å². The molecule has 3 rings (SSSR count). The second kappa shape index (κ2) is 9.59. The minimum atomic E-state index is -3.37. The quantitative estimate of drug-likeness (QED) is 0.591. The lowest BCUT2D eigenvalue weighted by Gasteiger charge is -2.20. The van der Waals surface area contributed by atoms with Crippen LogP contribution in [-0.2, 0) is 9.84 Å². The molecule has 0 spiro atoms. The molecule has 0 radical (unpaired) electrons. The summed E-state index contributed by atoms with van der Waals surface area (Å²) in [6, 6.07) is 8.57. The minimum absolute atomic E-state index is 0.0258. The molecule has 2 N–H and O–H groups in total. The molecular formula is C24H34O4S. The second-order valence-corrected chi connectivity index (χ2v) is 10.7. The van der Waals surface area contributed by atoms with Gasteiger partial charge in [0.05, 0.1) is 22.9 Å². The molecule has 0 aromatic heterocycles.